The summed E-state index contributed by atoms with van der Waals surface area (Å²) in [4.78, 5) is 16.0. The number of sulfonamides is 1. The third kappa shape index (κ3) is 6.78. The quantitative estimate of drug-likeness (QED) is 0.454. The monoisotopic (exact) mass is 473 g/mol. The number of para-hydroxylation sites is 1. The Bertz CT molecular complexity index is 1130. The molecule has 174 valence electrons. The molecule has 1 aromatic carbocycles. The number of nitrogens with zero attached hydrogens (tertiary/aromatic N) is 1. The van der Waals surface area contributed by atoms with E-state index in [1.54, 1.807) is 13.8 Å². The van der Waals surface area contributed by atoms with Crippen LogP contribution in [0.25, 0.3) is 6.08 Å². The van der Waals surface area contributed by atoms with Gasteiger partial charge in [-0.3, -0.25) is 9.52 Å². The summed E-state index contributed by atoms with van der Waals surface area (Å²) in [5.74, 6) is -1.74. The van der Waals surface area contributed by atoms with Crippen LogP contribution in [0.15, 0.2) is 36.4 Å². The molecular weight excluding hydrogens is 450 g/mol. The van der Waals surface area contributed by atoms with Gasteiger partial charge in [-0.05, 0) is 36.6 Å². The summed E-state index contributed by atoms with van der Waals surface area (Å²) >= 11 is 0. The van der Waals surface area contributed by atoms with Gasteiger partial charge in [0, 0.05) is 11.6 Å². The molecule has 0 unspecified atom stereocenters. The van der Waals surface area contributed by atoms with Crippen LogP contribution in [0.2, 0.25) is 0 Å². The van der Waals surface area contributed by atoms with E-state index in [0.29, 0.717) is 5.56 Å². The Kier molecular flexibility index (Phi) is 7.66. The predicted octanol–water partition coefficient (Wildman–Crippen LogP) is 4.63. The minimum Gasteiger partial charge on any atom is -0.346 e. The molecule has 11 heteroatoms. The third-order valence-corrected chi connectivity index (χ3v) is 4.94. The van der Waals surface area contributed by atoms with Crippen LogP contribution in [-0.2, 0) is 21.0 Å². The molecule has 2 aromatic rings. The number of rotatable bonds is 7. The Morgan fingerprint density at radius 2 is 1.78 bits per heavy atom. The van der Waals surface area contributed by atoms with Gasteiger partial charge in [0.25, 0.3) is 0 Å². The number of benzene rings is 1. The standard InChI is InChI=1S/C21H23F4N3O3S/c1-12(2)19-14(8-10-17(27-19)21(23,24)25)9-11-18(29)26-13(3)15-6-5-7-16(22)20(15)28-32(4,30)31/h5-13,28H,1-4H3,(H,26,29)/t13-/m1/s1. The van der Waals surface area contributed by atoms with Crippen molar-refractivity contribution in [1.82, 2.24) is 10.3 Å². The highest BCUT2D eigenvalue weighted by atomic mass is 32.2. The zero-order valence-electron chi connectivity index (χ0n) is 17.8. The number of carbonyl (C=O) groups is 1. The zero-order chi connectivity index (χ0) is 24.3. The number of alkyl halides is 3. The Balaban J connectivity index is 2.24. The van der Waals surface area contributed by atoms with E-state index in [9.17, 15) is 30.8 Å². The second kappa shape index (κ2) is 9.68. The fourth-order valence-corrected chi connectivity index (χ4v) is 3.53. The van der Waals surface area contributed by atoms with E-state index in [-0.39, 0.29) is 22.9 Å². The van der Waals surface area contributed by atoms with E-state index in [1.165, 1.54) is 31.2 Å². The summed E-state index contributed by atoms with van der Waals surface area (Å²) in [5, 5.41) is 2.58. The number of halogens is 4. The normalized spacial score (nSPS) is 13.4. The third-order valence-electron chi connectivity index (χ3n) is 4.37. The molecule has 1 amide bonds. The van der Waals surface area contributed by atoms with E-state index >= 15 is 0 Å². The molecule has 0 aliphatic carbocycles. The minimum absolute atomic E-state index is 0.182. The summed E-state index contributed by atoms with van der Waals surface area (Å²) in [7, 11) is -3.76. The van der Waals surface area contributed by atoms with Gasteiger partial charge in [-0.15, -0.1) is 0 Å². The van der Waals surface area contributed by atoms with Crippen molar-refractivity contribution in [2.75, 3.05) is 11.0 Å². The highest BCUT2D eigenvalue weighted by molar-refractivity contribution is 7.92. The second-order valence-corrected chi connectivity index (χ2v) is 9.21. The molecule has 0 fully saturated rings. The fourth-order valence-electron chi connectivity index (χ4n) is 2.95. The molecule has 1 heterocycles. The first kappa shape index (κ1) is 25.3. The number of hydrogen-bond acceptors (Lipinski definition) is 4. The van der Waals surface area contributed by atoms with E-state index in [4.69, 9.17) is 0 Å². The van der Waals surface area contributed by atoms with Crippen LogP contribution in [-0.4, -0.2) is 25.6 Å². The molecule has 0 saturated heterocycles. The van der Waals surface area contributed by atoms with Crippen molar-refractivity contribution in [3.8, 4) is 0 Å². The van der Waals surface area contributed by atoms with Gasteiger partial charge in [0.1, 0.15) is 11.5 Å². The van der Waals surface area contributed by atoms with E-state index < -0.39 is 39.7 Å². The van der Waals surface area contributed by atoms with Crippen LogP contribution in [0.1, 0.15) is 55.2 Å². The molecule has 6 nitrogen and oxygen atoms in total. The number of pyridine rings is 1. The van der Waals surface area contributed by atoms with Crippen molar-refractivity contribution in [3.05, 3.63) is 64.7 Å². The predicted molar refractivity (Wildman–Crippen MR) is 114 cm³/mol. The van der Waals surface area contributed by atoms with Crippen LogP contribution in [0.4, 0.5) is 23.2 Å². The zero-order valence-corrected chi connectivity index (χ0v) is 18.6. The van der Waals surface area contributed by atoms with Crippen LogP contribution in [0, 0.1) is 5.82 Å². The Labute approximate surface area is 183 Å². The van der Waals surface area contributed by atoms with Crippen LogP contribution >= 0.6 is 0 Å². The van der Waals surface area contributed by atoms with Crippen molar-refractivity contribution >= 4 is 27.7 Å². The topological polar surface area (TPSA) is 88.2 Å². The maximum atomic E-state index is 14.1. The summed E-state index contributed by atoms with van der Waals surface area (Å²) < 4.78 is 78.1. The molecule has 0 aliphatic rings. The average molecular weight is 473 g/mol. The highest BCUT2D eigenvalue weighted by Crippen LogP contribution is 2.30. The molecule has 1 aromatic heterocycles. The molecule has 1 atom stereocenters. The molecule has 0 aliphatic heterocycles. The van der Waals surface area contributed by atoms with Crippen LogP contribution in [0.3, 0.4) is 0 Å². The van der Waals surface area contributed by atoms with E-state index in [1.807, 2.05) is 0 Å². The lowest BCUT2D eigenvalue weighted by molar-refractivity contribution is -0.141. The maximum absolute atomic E-state index is 14.1. The molecule has 0 saturated carbocycles. The summed E-state index contributed by atoms with van der Waals surface area (Å²) in [5.41, 5.74) is -0.562. The fraction of sp³-hybridized carbons (Fsp3) is 0.333. The van der Waals surface area contributed by atoms with Crippen molar-refractivity contribution < 1.29 is 30.8 Å². The summed E-state index contributed by atoms with van der Waals surface area (Å²) in [6, 6.07) is 5.21. The smallest absolute Gasteiger partial charge is 0.346 e. The Morgan fingerprint density at radius 3 is 2.34 bits per heavy atom. The number of amides is 1. The Hall–Kier alpha value is -2.95. The highest BCUT2D eigenvalue weighted by Gasteiger charge is 2.33. The largest absolute Gasteiger partial charge is 0.433 e. The van der Waals surface area contributed by atoms with Crippen LogP contribution in [0.5, 0.6) is 0 Å². The lowest BCUT2D eigenvalue weighted by Crippen LogP contribution is -2.26. The number of hydrogen-bond donors (Lipinski definition) is 2. The molecular formula is C21H23F4N3O3S. The Morgan fingerprint density at radius 1 is 1.12 bits per heavy atom. The molecule has 0 bridgehead atoms. The van der Waals surface area contributed by atoms with Gasteiger partial charge in [-0.1, -0.05) is 32.0 Å². The van der Waals surface area contributed by atoms with Gasteiger partial charge in [-0.2, -0.15) is 13.2 Å². The van der Waals surface area contributed by atoms with Crippen molar-refractivity contribution in [3.63, 3.8) is 0 Å². The van der Waals surface area contributed by atoms with Gasteiger partial charge in [0.2, 0.25) is 15.9 Å². The number of aromatic nitrogens is 1. The van der Waals surface area contributed by atoms with Crippen molar-refractivity contribution in [2.24, 2.45) is 0 Å². The second-order valence-electron chi connectivity index (χ2n) is 7.47. The first-order valence-corrected chi connectivity index (χ1v) is 11.4. The van der Waals surface area contributed by atoms with Crippen molar-refractivity contribution in [1.29, 1.82) is 0 Å². The molecule has 32 heavy (non-hydrogen) atoms. The number of carbonyl (C=O) groups excluding carboxylic acids is 1. The van der Waals surface area contributed by atoms with E-state index in [2.05, 4.69) is 15.0 Å². The average Bonchev–Trinajstić information content (AvgIpc) is 2.65. The first-order chi connectivity index (χ1) is 14.7. The number of anilines is 1. The van der Waals surface area contributed by atoms with Gasteiger partial charge < -0.3 is 5.32 Å². The van der Waals surface area contributed by atoms with Gasteiger partial charge >= 0.3 is 6.18 Å². The van der Waals surface area contributed by atoms with Gasteiger partial charge in [0.05, 0.1) is 23.7 Å². The first-order valence-electron chi connectivity index (χ1n) is 9.52. The summed E-state index contributed by atoms with van der Waals surface area (Å²) in [6.07, 6.45) is -1.25. The van der Waals surface area contributed by atoms with Crippen LogP contribution < -0.4 is 10.0 Å². The van der Waals surface area contributed by atoms with Gasteiger partial charge in [0.15, 0.2) is 0 Å². The van der Waals surface area contributed by atoms with Gasteiger partial charge in [-0.25, -0.2) is 17.8 Å². The SMILES string of the molecule is CC(C)c1nc(C(F)(F)F)ccc1C=CC(=O)N[C@H](C)c1cccc(F)c1NS(C)(=O)=O. The number of nitrogens with one attached hydrogen (secondary N) is 2. The minimum atomic E-state index is -4.58. The molecule has 0 radical (unpaired) electrons. The maximum Gasteiger partial charge on any atom is 0.433 e. The van der Waals surface area contributed by atoms with E-state index in [0.717, 1.165) is 24.5 Å². The lowest BCUT2D eigenvalue weighted by Gasteiger charge is -2.18. The lowest BCUT2D eigenvalue weighted by atomic mass is 10.0. The van der Waals surface area contributed by atoms with Crippen molar-refractivity contribution in [2.45, 2.75) is 38.9 Å². The summed E-state index contributed by atoms with van der Waals surface area (Å²) in [6.45, 7) is 4.90. The molecule has 2 N–H and O–H groups in total. The molecule has 0 spiro atoms. The molecule has 2 rings (SSSR count).